The Morgan fingerprint density at radius 2 is 1.92 bits per heavy atom. The molecular formula is C12H23N. The highest BCUT2D eigenvalue weighted by atomic mass is 14.8. The third-order valence-electron chi connectivity index (χ3n) is 1.48. The van der Waals surface area contributed by atoms with E-state index in [1.807, 2.05) is 33.0 Å². The second kappa shape index (κ2) is 11.0. The molecule has 0 radical (unpaired) electrons. The molecule has 0 amide bonds. The Morgan fingerprint density at radius 1 is 1.38 bits per heavy atom. The topological polar surface area (TPSA) is 12.0 Å². The fraction of sp³-hybridized carbons (Fsp3) is 0.500. The second-order valence-electron chi connectivity index (χ2n) is 2.45. The lowest BCUT2D eigenvalue weighted by atomic mass is 10.1. The summed E-state index contributed by atoms with van der Waals surface area (Å²) in [5, 5.41) is 2.97. The molecule has 0 bridgehead atoms. The maximum absolute atomic E-state index is 3.81. The van der Waals surface area contributed by atoms with Gasteiger partial charge >= 0.3 is 0 Å². The smallest absolute Gasteiger partial charge is 0.0267 e. The van der Waals surface area contributed by atoms with Gasteiger partial charge in [-0.25, -0.2) is 0 Å². The summed E-state index contributed by atoms with van der Waals surface area (Å²) in [7, 11) is 1.87. The molecule has 0 heterocycles. The first-order valence-corrected chi connectivity index (χ1v) is 4.94. The molecule has 0 spiro atoms. The number of likely N-dealkylation sites (N-methyl/N-ethyl adjacent to an activating group) is 1. The van der Waals surface area contributed by atoms with Gasteiger partial charge in [0.15, 0.2) is 0 Å². The average molecular weight is 181 g/mol. The van der Waals surface area contributed by atoms with E-state index in [-0.39, 0.29) is 0 Å². The first kappa shape index (κ1) is 14.5. The number of nitrogens with one attached hydrogen (secondary N) is 1. The molecule has 0 rings (SSSR count). The summed E-state index contributed by atoms with van der Waals surface area (Å²) in [4.78, 5) is 0. The van der Waals surface area contributed by atoms with Gasteiger partial charge < -0.3 is 5.32 Å². The summed E-state index contributed by atoms with van der Waals surface area (Å²) >= 11 is 0. The van der Waals surface area contributed by atoms with Crippen LogP contribution >= 0.6 is 0 Å². The molecule has 0 aromatic rings. The van der Waals surface area contributed by atoms with E-state index in [0.29, 0.717) is 0 Å². The van der Waals surface area contributed by atoms with Crippen molar-refractivity contribution in [3.8, 4) is 0 Å². The van der Waals surface area contributed by atoms with E-state index in [4.69, 9.17) is 0 Å². The van der Waals surface area contributed by atoms with E-state index in [1.165, 1.54) is 5.57 Å². The zero-order chi connectivity index (χ0) is 10.7. The van der Waals surface area contributed by atoms with E-state index >= 15 is 0 Å². The minimum Gasteiger partial charge on any atom is -0.389 e. The zero-order valence-corrected chi connectivity index (χ0v) is 9.48. The standard InChI is InChI=1S/C10H17N.C2H6/c1-5-7-10(6-2)8-9(3)11-4;1-2/h6,8,11H,2-3,5,7H2,1,4H3;1-2H3/b10-8+;. The van der Waals surface area contributed by atoms with Crippen LogP contribution in [0.5, 0.6) is 0 Å². The summed E-state index contributed by atoms with van der Waals surface area (Å²) in [6, 6.07) is 0. The van der Waals surface area contributed by atoms with E-state index in [1.54, 1.807) is 0 Å². The Kier molecular flexibility index (Phi) is 12.3. The lowest BCUT2D eigenvalue weighted by Crippen LogP contribution is -2.01. The van der Waals surface area contributed by atoms with Gasteiger partial charge in [-0.3, -0.25) is 0 Å². The first-order chi connectivity index (χ1) is 6.24. The van der Waals surface area contributed by atoms with Crippen molar-refractivity contribution in [2.45, 2.75) is 33.6 Å². The van der Waals surface area contributed by atoms with Gasteiger partial charge in [-0.05, 0) is 18.1 Å². The molecule has 13 heavy (non-hydrogen) atoms. The Labute approximate surface area is 83.2 Å². The SMILES string of the molecule is C=C/C(=C\C(=C)NC)CCC.CC. The highest BCUT2D eigenvalue weighted by Crippen LogP contribution is 2.07. The van der Waals surface area contributed by atoms with Crippen molar-refractivity contribution in [3.05, 3.63) is 36.6 Å². The molecule has 1 heteroatoms. The summed E-state index contributed by atoms with van der Waals surface area (Å²) in [6.45, 7) is 13.7. The lowest BCUT2D eigenvalue weighted by molar-refractivity contribution is 0.919. The van der Waals surface area contributed by atoms with Gasteiger partial charge in [0.05, 0.1) is 0 Å². The third-order valence-corrected chi connectivity index (χ3v) is 1.48. The zero-order valence-electron chi connectivity index (χ0n) is 9.48. The molecule has 1 N–H and O–H groups in total. The fourth-order valence-electron chi connectivity index (χ4n) is 0.818. The van der Waals surface area contributed by atoms with Gasteiger partial charge in [0, 0.05) is 12.7 Å². The largest absolute Gasteiger partial charge is 0.389 e. The van der Waals surface area contributed by atoms with Crippen LogP contribution in [0.1, 0.15) is 33.6 Å². The van der Waals surface area contributed by atoms with Gasteiger partial charge in [-0.1, -0.05) is 46.4 Å². The highest BCUT2D eigenvalue weighted by molar-refractivity contribution is 5.26. The lowest BCUT2D eigenvalue weighted by Gasteiger charge is -2.01. The van der Waals surface area contributed by atoms with Gasteiger partial charge in [-0.15, -0.1) is 0 Å². The molecule has 0 saturated heterocycles. The third kappa shape index (κ3) is 8.93. The van der Waals surface area contributed by atoms with Gasteiger partial charge in [0.2, 0.25) is 0 Å². The maximum Gasteiger partial charge on any atom is 0.0267 e. The van der Waals surface area contributed by atoms with E-state index in [0.717, 1.165) is 18.5 Å². The number of allylic oxidation sites excluding steroid dienone is 3. The second-order valence-corrected chi connectivity index (χ2v) is 2.45. The van der Waals surface area contributed by atoms with E-state index in [9.17, 15) is 0 Å². The Balaban J connectivity index is 0. The molecular weight excluding hydrogens is 158 g/mol. The average Bonchev–Trinajstić information content (AvgIpc) is 2.20. The minimum absolute atomic E-state index is 0.938. The van der Waals surface area contributed by atoms with Crippen molar-refractivity contribution >= 4 is 0 Å². The van der Waals surface area contributed by atoms with Crippen molar-refractivity contribution in [1.29, 1.82) is 0 Å². The highest BCUT2D eigenvalue weighted by Gasteiger charge is 1.89. The Morgan fingerprint density at radius 3 is 2.23 bits per heavy atom. The summed E-state index contributed by atoms with van der Waals surface area (Å²) in [5.41, 5.74) is 2.18. The van der Waals surface area contributed by atoms with Gasteiger partial charge in [0.25, 0.3) is 0 Å². The minimum atomic E-state index is 0.938. The molecule has 0 aliphatic heterocycles. The van der Waals surface area contributed by atoms with Crippen LogP contribution in [-0.2, 0) is 0 Å². The van der Waals surface area contributed by atoms with E-state index in [2.05, 4.69) is 25.4 Å². The molecule has 0 unspecified atom stereocenters. The van der Waals surface area contributed by atoms with E-state index < -0.39 is 0 Å². The quantitative estimate of drug-likeness (QED) is 0.638. The molecule has 0 aromatic heterocycles. The fourth-order valence-corrected chi connectivity index (χ4v) is 0.818. The normalized spacial score (nSPS) is 9.69. The molecule has 0 fully saturated rings. The summed E-state index contributed by atoms with van der Waals surface area (Å²) < 4.78 is 0. The molecule has 0 aromatic carbocycles. The first-order valence-electron chi connectivity index (χ1n) is 4.94. The van der Waals surface area contributed by atoms with Crippen molar-refractivity contribution < 1.29 is 0 Å². The van der Waals surface area contributed by atoms with Crippen molar-refractivity contribution in [3.63, 3.8) is 0 Å². The number of hydrogen-bond donors (Lipinski definition) is 1. The molecule has 76 valence electrons. The van der Waals surface area contributed by atoms with Crippen LogP contribution in [0.2, 0.25) is 0 Å². The van der Waals surface area contributed by atoms with Crippen LogP contribution in [0.4, 0.5) is 0 Å². The van der Waals surface area contributed by atoms with Crippen LogP contribution in [0.3, 0.4) is 0 Å². The predicted molar refractivity (Wildman–Crippen MR) is 62.7 cm³/mol. The maximum atomic E-state index is 3.81. The molecule has 0 atom stereocenters. The van der Waals surface area contributed by atoms with Crippen molar-refractivity contribution in [2.75, 3.05) is 7.05 Å². The van der Waals surface area contributed by atoms with Crippen LogP contribution in [0.15, 0.2) is 36.6 Å². The predicted octanol–water partition coefficient (Wildman–Crippen LogP) is 3.66. The molecule has 0 aliphatic rings. The van der Waals surface area contributed by atoms with Gasteiger partial charge in [-0.2, -0.15) is 0 Å². The Hall–Kier alpha value is -0.980. The van der Waals surface area contributed by atoms with Gasteiger partial charge in [0.1, 0.15) is 0 Å². The van der Waals surface area contributed by atoms with Crippen LogP contribution < -0.4 is 5.32 Å². The van der Waals surface area contributed by atoms with Crippen LogP contribution in [0, 0.1) is 0 Å². The van der Waals surface area contributed by atoms with Crippen LogP contribution in [-0.4, -0.2) is 7.05 Å². The van der Waals surface area contributed by atoms with Crippen LogP contribution in [0.25, 0.3) is 0 Å². The van der Waals surface area contributed by atoms with Crippen molar-refractivity contribution in [2.24, 2.45) is 0 Å². The number of rotatable bonds is 5. The van der Waals surface area contributed by atoms with Crippen molar-refractivity contribution in [1.82, 2.24) is 5.32 Å². The molecule has 0 aliphatic carbocycles. The molecule has 0 saturated carbocycles. The monoisotopic (exact) mass is 181 g/mol. The summed E-state index contributed by atoms with van der Waals surface area (Å²) in [5.74, 6) is 0. The summed E-state index contributed by atoms with van der Waals surface area (Å²) in [6.07, 6.45) is 6.13. The number of hydrogen-bond acceptors (Lipinski definition) is 1. The Bertz CT molecular complexity index is 166. The molecule has 1 nitrogen and oxygen atoms in total.